The molecule has 2 amide bonds. The Morgan fingerprint density at radius 3 is 2.69 bits per heavy atom. The van der Waals surface area contributed by atoms with Gasteiger partial charge in [0, 0.05) is 20.1 Å². The number of benzene rings is 1. The summed E-state index contributed by atoms with van der Waals surface area (Å²) in [6, 6.07) is 8.76. The number of rotatable bonds is 5. The topological polar surface area (TPSA) is 71.3 Å². The lowest BCUT2D eigenvalue weighted by molar-refractivity contribution is -0.129. The van der Waals surface area contributed by atoms with E-state index in [2.05, 4.69) is 28.5 Å². The van der Waals surface area contributed by atoms with Gasteiger partial charge in [0.15, 0.2) is 5.69 Å². The Kier molecular flexibility index (Phi) is 4.22. The van der Waals surface area contributed by atoms with Crippen LogP contribution in [0, 0.1) is 0 Å². The number of fused-ring (bicyclic) bond motifs is 1. The largest absolute Gasteiger partial charge is 0.347 e. The second-order valence-electron chi connectivity index (χ2n) is 7.29. The Morgan fingerprint density at radius 2 is 1.96 bits per heavy atom. The van der Waals surface area contributed by atoms with Gasteiger partial charge in [-0.05, 0) is 36.8 Å². The first kappa shape index (κ1) is 16.8. The van der Waals surface area contributed by atoms with E-state index in [1.54, 1.807) is 20.3 Å². The average Bonchev–Trinajstić information content (AvgIpc) is 3.20. The molecule has 2 aromatic rings. The van der Waals surface area contributed by atoms with Gasteiger partial charge in [-0.25, -0.2) is 4.68 Å². The van der Waals surface area contributed by atoms with Crippen LogP contribution in [0.3, 0.4) is 0 Å². The van der Waals surface area contributed by atoms with Crippen molar-refractivity contribution in [2.45, 2.75) is 44.3 Å². The zero-order valence-corrected chi connectivity index (χ0v) is 15.1. The normalized spacial score (nSPS) is 18.5. The lowest BCUT2D eigenvalue weighted by Crippen LogP contribution is -2.36. The van der Waals surface area contributed by atoms with Gasteiger partial charge in [-0.1, -0.05) is 29.5 Å². The highest BCUT2D eigenvalue weighted by Gasteiger charge is 2.41. The molecule has 1 saturated carbocycles. The number of amides is 2. The van der Waals surface area contributed by atoms with Gasteiger partial charge in [-0.3, -0.25) is 9.59 Å². The number of carbonyl (C=O) groups excluding carboxylic acids is 2. The van der Waals surface area contributed by atoms with Gasteiger partial charge in [0.1, 0.15) is 6.54 Å². The van der Waals surface area contributed by atoms with Crippen molar-refractivity contribution in [1.29, 1.82) is 0 Å². The zero-order chi connectivity index (χ0) is 18.3. The van der Waals surface area contributed by atoms with E-state index in [0.29, 0.717) is 5.69 Å². The fourth-order valence-electron chi connectivity index (χ4n) is 3.62. The standard InChI is InChI=1S/C19H23N5O2/c1-22(2)18(25)12-23-11-16(20-21-23)19(26)24(14-8-9-14)17-10-7-13-5-3-4-6-15(13)17/h3-6,11,14,17H,7-10,12H2,1-2H3. The number of hydrogen-bond acceptors (Lipinski definition) is 4. The van der Waals surface area contributed by atoms with Crippen LogP contribution in [0.25, 0.3) is 0 Å². The van der Waals surface area contributed by atoms with Crippen molar-refractivity contribution in [3.63, 3.8) is 0 Å². The summed E-state index contributed by atoms with van der Waals surface area (Å²) in [5.74, 6) is -0.171. The summed E-state index contributed by atoms with van der Waals surface area (Å²) in [5.41, 5.74) is 2.90. The lowest BCUT2D eigenvalue weighted by Gasteiger charge is -2.29. The second-order valence-corrected chi connectivity index (χ2v) is 7.29. The molecule has 0 N–H and O–H groups in total. The maximum Gasteiger partial charge on any atom is 0.276 e. The molecule has 2 aliphatic carbocycles. The zero-order valence-electron chi connectivity index (χ0n) is 15.1. The summed E-state index contributed by atoms with van der Waals surface area (Å²) in [4.78, 5) is 28.5. The number of aryl methyl sites for hydroxylation is 1. The molecule has 2 aliphatic rings. The van der Waals surface area contributed by atoms with Crippen LogP contribution in [0.15, 0.2) is 30.5 Å². The Labute approximate surface area is 152 Å². The van der Waals surface area contributed by atoms with Gasteiger partial charge in [0.05, 0.1) is 12.2 Å². The Balaban J connectivity index is 1.56. The molecular formula is C19H23N5O2. The first-order chi connectivity index (χ1) is 12.5. The quantitative estimate of drug-likeness (QED) is 0.820. The van der Waals surface area contributed by atoms with Crippen LogP contribution in [-0.4, -0.2) is 56.7 Å². The third kappa shape index (κ3) is 3.09. The average molecular weight is 353 g/mol. The van der Waals surface area contributed by atoms with E-state index in [9.17, 15) is 9.59 Å². The van der Waals surface area contributed by atoms with Crippen molar-refractivity contribution in [3.8, 4) is 0 Å². The molecule has 0 aliphatic heterocycles. The first-order valence-electron chi connectivity index (χ1n) is 9.05. The predicted molar refractivity (Wildman–Crippen MR) is 95.4 cm³/mol. The van der Waals surface area contributed by atoms with Crippen LogP contribution in [0.2, 0.25) is 0 Å². The number of likely N-dealkylation sites (N-methyl/N-ethyl adjacent to an activating group) is 1. The monoisotopic (exact) mass is 353 g/mol. The Hall–Kier alpha value is -2.70. The number of nitrogens with zero attached hydrogens (tertiary/aromatic N) is 5. The van der Waals surface area contributed by atoms with Crippen molar-refractivity contribution in [2.75, 3.05) is 14.1 Å². The Morgan fingerprint density at radius 1 is 1.19 bits per heavy atom. The fraction of sp³-hybridized carbons (Fsp3) is 0.474. The minimum absolute atomic E-state index is 0.0854. The number of aromatic nitrogens is 3. The van der Waals surface area contributed by atoms with E-state index >= 15 is 0 Å². The van der Waals surface area contributed by atoms with Crippen molar-refractivity contribution >= 4 is 11.8 Å². The molecule has 7 heteroatoms. The summed E-state index contributed by atoms with van der Waals surface area (Å²) in [7, 11) is 3.38. The maximum atomic E-state index is 13.2. The number of carbonyl (C=O) groups is 2. The number of hydrogen-bond donors (Lipinski definition) is 0. The molecule has 1 heterocycles. The molecule has 0 saturated heterocycles. The molecule has 1 fully saturated rings. The molecule has 1 unspecified atom stereocenters. The summed E-state index contributed by atoms with van der Waals surface area (Å²) in [5, 5.41) is 8.00. The summed E-state index contributed by atoms with van der Waals surface area (Å²) < 4.78 is 1.43. The van der Waals surface area contributed by atoms with Gasteiger partial charge < -0.3 is 9.80 Å². The van der Waals surface area contributed by atoms with Crippen LogP contribution in [-0.2, 0) is 17.8 Å². The molecule has 136 valence electrons. The van der Waals surface area contributed by atoms with Crippen molar-refractivity contribution in [3.05, 3.63) is 47.3 Å². The van der Waals surface area contributed by atoms with Crippen molar-refractivity contribution in [2.24, 2.45) is 0 Å². The fourth-order valence-corrected chi connectivity index (χ4v) is 3.62. The van der Waals surface area contributed by atoms with E-state index in [0.717, 1.165) is 25.7 Å². The second kappa shape index (κ2) is 6.55. The van der Waals surface area contributed by atoms with Crippen LogP contribution in [0.4, 0.5) is 0 Å². The van der Waals surface area contributed by atoms with Crippen molar-refractivity contribution < 1.29 is 9.59 Å². The summed E-state index contributed by atoms with van der Waals surface area (Å²) in [6.45, 7) is 0.0863. The highest BCUT2D eigenvalue weighted by atomic mass is 16.2. The SMILES string of the molecule is CN(C)C(=O)Cn1cc(C(=O)N(C2CC2)C2CCc3ccccc32)nn1. The van der Waals surface area contributed by atoms with Crippen molar-refractivity contribution in [1.82, 2.24) is 24.8 Å². The van der Waals surface area contributed by atoms with Gasteiger partial charge in [-0.2, -0.15) is 0 Å². The van der Waals surface area contributed by atoms with Gasteiger partial charge >= 0.3 is 0 Å². The third-order valence-electron chi connectivity index (χ3n) is 5.17. The van der Waals surface area contributed by atoms with E-state index in [-0.39, 0.29) is 30.4 Å². The maximum absolute atomic E-state index is 13.2. The molecule has 26 heavy (non-hydrogen) atoms. The molecule has 1 aromatic carbocycles. The molecule has 1 atom stereocenters. The van der Waals surface area contributed by atoms with E-state index < -0.39 is 0 Å². The summed E-state index contributed by atoms with van der Waals surface area (Å²) in [6.07, 6.45) is 5.62. The van der Waals surface area contributed by atoms with E-state index in [1.807, 2.05) is 11.0 Å². The highest BCUT2D eigenvalue weighted by molar-refractivity contribution is 5.93. The Bertz CT molecular complexity index is 840. The van der Waals surface area contributed by atoms with Crippen LogP contribution in [0.5, 0.6) is 0 Å². The minimum Gasteiger partial charge on any atom is -0.347 e. The van der Waals surface area contributed by atoms with Crippen LogP contribution >= 0.6 is 0 Å². The van der Waals surface area contributed by atoms with Gasteiger partial charge in [-0.15, -0.1) is 5.10 Å². The molecule has 7 nitrogen and oxygen atoms in total. The van der Waals surface area contributed by atoms with Gasteiger partial charge in [0.2, 0.25) is 5.91 Å². The van der Waals surface area contributed by atoms with E-state index in [1.165, 1.54) is 20.7 Å². The van der Waals surface area contributed by atoms with E-state index in [4.69, 9.17) is 0 Å². The minimum atomic E-state index is -0.0855. The van der Waals surface area contributed by atoms with Crippen LogP contribution < -0.4 is 0 Å². The smallest absolute Gasteiger partial charge is 0.276 e. The van der Waals surface area contributed by atoms with Crippen LogP contribution in [0.1, 0.15) is 46.9 Å². The molecular weight excluding hydrogens is 330 g/mol. The third-order valence-corrected chi connectivity index (χ3v) is 5.17. The molecule has 0 spiro atoms. The summed E-state index contributed by atoms with van der Waals surface area (Å²) >= 11 is 0. The predicted octanol–water partition coefficient (Wildman–Crippen LogP) is 1.66. The lowest BCUT2D eigenvalue weighted by atomic mass is 10.1. The molecule has 0 bridgehead atoms. The first-order valence-corrected chi connectivity index (χ1v) is 9.05. The molecule has 1 aromatic heterocycles. The van der Waals surface area contributed by atoms with Gasteiger partial charge in [0.25, 0.3) is 5.91 Å². The molecule has 4 rings (SSSR count). The molecule has 0 radical (unpaired) electrons. The highest BCUT2D eigenvalue weighted by Crippen LogP contribution is 2.42.